The molecule has 19 heavy (non-hydrogen) atoms. The molecule has 2 rings (SSSR count). The van der Waals surface area contributed by atoms with Gasteiger partial charge in [0.05, 0.1) is 18.1 Å². The smallest absolute Gasteiger partial charge is 0.239 e. The van der Waals surface area contributed by atoms with Crippen LogP contribution in [-0.4, -0.2) is 25.5 Å². The molecule has 0 aliphatic heterocycles. The summed E-state index contributed by atoms with van der Waals surface area (Å²) in [6.07, 6.45) is 3.41. The Morgan fingerprint density at radius 1 is 1.26 bits per heavy atom. The van der Waals surface area contributed by atoms with E-state index in [1.54, 1.807) is 23.1 Å². The first-order valence-corrected chi connectivity index (χ1v) is 6.16. The summed E-state index contributed by atoms with van der Waals surface area (Å²) in [6, 6.07) is 3.71. The van der Waals surface area contributed by atoms with Crippen LogP contribution >= 0.6 is 0 Å². The second-order valence-corrected chi connectivity index (χ2v) is 5.42. The van der Waals surface area contributed by atoms with Crippen molar-refractivity contribution in [2.75, 3.05) is 0 Å². The van der Waals surface area contributed by atoms with Gasteiger partial charge in [0.25, 0.3) is 0 Å². The van der Waals surface area contributed by atoms with Crippen LogP contribution in [0.3, 0.4) is 0 Å². The van der Waals surface area contributed by atoms with Gasteiger partial charge < -0.3 is 10.1 Å². The van der Waals surface area contributed by atoms with Crippen LogP contribution in [0.15, 0.2) is 24.5 Å². The van der Waals surface area contributed by atoms with Crippen molar-refractivity contribution in [1.82, 2.24) is 25.3 Å². The molecule has 0 radical (unpaired) electrons. The standard InChI is InChI=1S/C13H19N5O/c1-13(2,3)14-7-10-5-6-12(17-16-10)19-11-8-15-18(4)9-11/h5-6,8-9,14H,7H2,1-4H3. The van der Waals surface area contributed by atoms with E-state index in [1.807, 2.05) is 13.1 Å². The van der Waals surface area contributed by atoms with Crippen LogP contribution in [0, 0.1) is 0 Å². The molecule has 1 N–H and O–H groups in total. The molecule has 6 heteroatoms. The number of rotatable bonds is 4. The van der Waals surface area contributed by atoms with Crippen LogP contribution in [-0.2, 0) is 13.6 Å². The molecule has 2 heterocycles. The predicted molar refractivity (Wildman–Crippen MR) is 71.9 cm³/mol. The van der Waals surface area contributed by atoms with E-state index in [9.17, 15) is 0 Å². The van der Waals surface area contributed by atoms with Crippen LogP contribution in [0.1, 0.15) is 26.5 Å². The van der Waals surface area contributed by atoms with Gasteiger partial charge in [0.1, 0.15) is 0 Å². The summed E-state index contributed by atoms with van der Waals surface area (Å²) in [5, 5.41) is 15.5. The number of aromatic nitrogens is 4. The molecule has 2 aromatic rings. The summed E-state index contributed by atoms with van der Waals surface area (Å²) in [4.78, 5) is 0. The molecule has 0 saturated heterocycles. The van der Waals surface area contributed by atoms with E-state index in [1.165, 1.54) is 0 Å². The Morgan fingerprint density at radius 2 is 2.05 bits per heavy atom. The van der Waals surface area contributed by atoms with E-state index in [2.05, 4.69) is 41.4 Å². The van der Waals surface area contributed by atoms with Gasteiger partial charge >= 0.3 is 0 Å². The van der Waals surface area contributed by atoms with Gasteiger partial charge in [-0.05, 0) is 26.8 Å². The molecule has 0 atom stereocenters. The summed E-state index contributed by atoms with van der Waals surface area (Å²) in [5.74, 6) is 1.12. The lowest BCUT2D eigenvalue weighted by atomic mass is 10.1. The molecule has 0 aliphatic rings. The van der Waals surface area contributed by atoms with Crippen LogP contribution < -0.4 is 10.1 Å². The third kappa shape index (κ3) is 4.33. The summed E-state index contributed by atoms with van der Waals surface area (Å²) in [6.45, 7) is 7.02. The molecule has 6 nitrogen and oxygen atoms in total. The maximum absolute atomic E-state index is 5.52. The van der Waals surface area contributed by atoms with Crippen molar-refractivity contribution >= 4 is 0 Å². The zero-order chi connectivity index (χ0) is 13.9. The summed E-state index contributed by atoms with van der Waals surface area (Å²) >= 11 is 0. The molecule has 102 valence electrons. The largest absolute Gasteiger partial charge is 0.434 e. The van der Waals surface area contributed by atoms with Crippen molar-refractivity contribution in [2.24, 2.45) is 7.05 Å². The predicted octanol–water partition coefficient (Wildman–Crippen LogP) is 1.89. The fourth-order valence-corrected chi connectivity index (χ4v) is 1.42. The van der Waals surface area contributed by atoms with E-state index in [0.29, 0.717) is 18.2 Å². The van der Waals surface area contributed by atoms with Crippen molar-refractivity contribution in [3.8, 4) is 11.6 Å². The Hall–Kier alpha value is -1.95. The summed E-state index contributed by atoms with van der Waals surface area (Å²) < 4.78 is 7.19. The van der Waals surface area contributed by atoms with Gasteiger partial charge in [-0.25, -0.2) is 0 Å². The van der Waals surface area contributed by atoms with E-state index in [0.717, 1.165) is 5.69 Å². The minimum absolute atomic E-state index is 0.0621. The molecule has 0 aliphatic carbocycles. The van der Waals surface area contributed by atoms with Gasteiger partial charge in [-0.1, -0.05) is 0 Å². The lowest BCUT2D eigenvalue weighted by Crippen LogP contribution is -2.35. The first-order chi connectivity index (χ1) is 8.92. The van der Waals surface area contributed by atoms with Crippen LogP contribution in [0.2, 0.25) is 0 Å². The first-order valence-electron chi connectivity index (χ1n) is 6.16. The third-order valence-electron chi connectivity index (χ3n) is 2.40. The fraction of sp³-hybridized carbons (Fsp3) is 0.462. The second-order valence-electron chi connectivity index (χ2n) is 5.42. The highest BCUT2D eigenvalue weighted by molar-refractivity contribution is 5.21. The summed E-state index contributed by atoms with van der Waals surface area (Å²) in [5.41, 5.74) is 0.945. The Balaban J connectivity index is 1.95. The van der Waals surface area contributed by atoms with E-state index in [4.69, 9.17) is 4.74 Å². The van der Waals surface area contributed by atoms with Crippen molar-refractivity contribution < 1.29 is 4.74 Å². The van der Waals surface area contributed by atoms with E-state index in [-0.39, 0.29) is 5.54 Å². The lowest BCUT2D eigenvalue weighted by Gasteiger charge is -2.19. The fourth-order valence-electron chi connectivity index (χ4n) is 1.42. The molecule has 0 amide bonds. The van der Waals surface area contributed by atoms with E-state index < -0.39 is 0 Å². The number of hydrogen-bond acceptors (Lipinski definition) is 5. The van der Waals surface area contributed by atoms with Gasteiger partial charge in [0.2, 0.25) is 5.88 Å². The Kier molecular flexibility index (Phi) is 3.80. The maximum Gasteiger partial charge on any atom is 0.239 e. The minimum atomic E-state index is 0.0621. The molecule has 0 bridgehead atoms. The Bertz CT molecular complexity index is 527. The molecular formula is C13H19N5O. The van der Waals surface area contributed by atoms with Gasteiger partial charge in [-0.2, -0.15) is 10.2 Å². The normalized spacial score (nSPS) is 11.6. The molecule has 0 spiro atoms. The van der Waals surface area contributed by atoms with Crippen LogP contribution in [0.25, 0.3) is 0 Å². The second kappa shape index (κ2) is 5.36. The molecule has 0 fully saturated rings. The average molecular weight is 261 g/mol. The SMILES string of the molecule is Cn1cc(Oc2ccc(CNC(C)(C)C)nn2)cn1. The van der Waals surface area contributed by atoms with Gasteiger partial charge in [-0.3, -0.25) is 4.68 Å². The molecule has 0 aromatic carbocycles. The minimum Gasteiger partial charge on any atom is -0.434 e. The maximum atomic E-state index is 5.52. The Labute approximate surface area is 112 Å². The van der Waals surface area contributed by atoms with Crippen molar-refractivity contribution in [2.45, 2.75) is 32.9 Å². The summed E-state index contributed by atoms with van der Waals surface area (Å²) in [7, 11) is 1.83. The molecule has 0 unspecified atom stereocenters. The van der Waals surface area contributed by atoms with Gasteiger partial charge in [-0.15, -0.1) is 5.10 Å². The highest BCUT2D eigenvalue weighted by atomic mass is 16.5. The van der Waals surface area contributed by atoms with Crippen LogP contribution in [0.4, 0.5) is 0 Å². The number of ether oxygens (including phenoxy) is 1. The van der Waals surface area contributed by atoms with E-state index >= 15 is 0 Å². The number of nitrogens with zero attached hydrogens (tertiary/aromatic N) is 4. The van der Waals surface area contributed by atoms with Crippen LogP contribution in [0.5, 0.6) is 11.6 Å². The number of hydrogen-bond donors (Lipinski definition) is 1. The lowest BCUT2D eigenvalue weighted by molar-refractivity contribution is 0.416. The quantitative estimate of drug-likeness (QED) is 0.910. The van der Waals surface area contributed by atoms with Gasteiger partial charge in [0.15, 0.2) is 5.75 Å². The molecular weight excluding hydrogens is 242 g/mol. The van der Waals surface area contributed by atoms with Crippen molar-refractivity contribution in [3.05, 3.63) is 30.2 Å². The van der Waals surface area contributed by atoms with Gasteiger partial charge in [0, 0.05) is 25.2 Å². The highest BCUT2D eigenvalue weighted by Gasteiger charge is 2.09. The van der Waals surface area contributed by atoms with Crippen molar-refractivity contribution in [1.29, 1.82) is 0 Å². The zero-order valence-corrected chi connectivity index (χ0v) is 11.7. The number of nitrogens with one attached hydrogen (secondary N) is 1. The Morgan fingerprint density at radius 3 is 2.58 bits per heavy atom. The number of aryl methyl sites for hydroxylation is 1. The average Bonchev–Trinajstić information content (AvgIpc) is 2.73. The topological polar surface area (TPSA) is 64.9 Å². The van der Waals surface area contributed by atoms with Crippen molar-refractivity contribution in [3.63, 3.8) is 0 Å². The highest BCUT2D eigenvalue weighted by Crippen LogP contribution is 2.17. The zero-order valence-electron chi connectivity index (χ0n) is 11.7. The monoisotopic (exact) mass is 261 g/mol. The third-order valence-corrected chi connectivity index (χ3v) is 2.40. The molecule has 0 saturated carbocycles. The molecule has 2 aromatic heterocycles. The first kappa shape index (κ1) is 13.5.